The molecule has 138 valence electrons. The summed E-state index contributed by atoms with van der Waals surface area (Å²) < 4.78 is 5.16. The summed E-state index contributed by atoms with van der Waals surface area (Å²) in [6.45, 7) is 10.4. The van der Waals surface area contributed by atoms with Gasteiger partial charge in [-0.25, -0.2) is 0 Å². The molecule has 0 aliphatic carbocycles. The molecule has 0 saturated heterocycles. The summed E-state index contributed by atoms with van der Waals surface area (Å²) in [6.07, 6.45) is 4.97. The van der Waals surface area contributed by atoms with Crippen molar-refractivity contribution in [3.8, 4) is 0 Å². The van der Waals surface area contributed by atoms with Crippen LogP contribution < -0.4 is 0 Å². The van der Waals surface area contributed by atoms with E-state index >= 15 is 0 Å². The third-order valence-corrected chi connectivity index (χ3v) is 5.64. The van der Waals surface area contributed by atoms with E-state index in [1.165, 1.54) is 5.57 Å². The van der Waals surface area contributed by atoms with Crippen LogP contribution in [0.4, 0.5) is 0 Å². The van der Waals surface area contributed by atoms with Crippen molar-refractivity contribution in [2.45, 2.75) is 72.8 Å². The third kappa shape index (κ3) is 6.39. The molecule has 0 aromatic rings. The lowest BCUT2D eigenvalue weighted by Crippen LogP contribution is -2.35. The molecule has 1 heterocycles. The number of rotatable bonds is 0. The molecule has 5 atom stereocenters. The molecule has 0 radical (unpaired) electrons. The van der Waals surface area contributed by atoms with Crippen LogP contribution in [-0.4, -0.2) is 29.6 Å². The quantitative estimate of drug-likeness (QED) is 0.537. The topological polar surface area (TPSA) is 63.6 Å². The highest BCUT2D eigenvalue weighted by molar-refractivity contribution is 5.84. The Morgan fingerprint density at radius 3 is 2.46 bits per heavy atom. The zero-order valence-electron chi connectivity index (χ0n) is 15.9. The Labute approximate surface area is 146 Å². The fourth-order valence-corrected chi connectivity index (χ4v) is 3.31. The maximum Gasteiger partial charge on any atom is 0.308 e. The van der Waals surface area contributed by atoms with Gasteiger partial charge in [0.1, 0.15) is 5.78 Å². The van der Waals surface area contributed by atoms with Gasteiger partial charge in [-0.3, -0.25) is 9.59 Å². The van der Waals surface area contributed by atoms with E-state index in [1.807, 2.05) is 6.92 Å². The number of allylic oxidation sites excluding steroid dienone is 1. The number of ketones is 1. The summed E-state index contributed by atoms with van der Waals surface area (Å²) in [5.41, 5.74) is 1.32. The van der Waals surface area contributed by atoms with Crippen molar-refractivity contribution in [2.24, 2.45) is 23.7 Å². The van der Waals surface area contributed by atoms with Gasteiger partial charge in [-0.2, -0.15) is 0 Å². The molecule has 4 unspecified atom stereocenters. The molecule has 4 heteroatoms. The van der Waals surface area contributed by atoms with Gasteiger partial charge in [-0.1, -0.05) is 45.8 Å². The van der Waals surface area contributed by atoms with Gasteiger partial charge in [0.15, 0.2) is 0 Å². The van der Waals surface area contributed by atoms with E-state index in [-0.39, 0.29) is 24.0 Å². The second-order valence-electron chi connectivity index (χ2n) is 7.54. The molecule has 0 saturated carbocycles. The predicted octanol–water partition coefficient (Wildman–Crippen LogP) is 3.91. The van der Waals surface area contributed by atoms with E-state index in [1.54, 1.807) is 6.92 Å². The molecule has 0 aromatic carbocycles. The first-order valence-electron chi connectivity index (χ1n) is 9.27. The summed E-state index contributed by atoms with van der Waals surface area (Å²) in [7, 11) is 0. The Morgan fingerprint density at radius 2 is 1.79 bits per heavy atom. The van der Waals surface area contributed by atoms with Gasteiger partial charge in [-0.05, 0) is 38.0 Å². The number of carbonyl (C=O) groups is 2. The minimum atomic E-state index is -0.972. The molecular formula is C20H34O4. The Kier molecular flexibility index (Phi) is 8.68. The number of esters is 1. The normalized spacial score (nSPS) is 37.4. The van der Waals surface area contributed by atoms with E-state index in [4.69, 9.17) is 4.74 Å². The van der Waals surface area contributed by atoms with E-state index in [0.717, 1.165) is 19.3 Å². The molecule has 0 spiro atoms. The fourth-order valence-electron chi connectivity index (χ4n) is 3.31. The molecule has 4 nitrogen and oxygen atoms in total. The summed E-state index contributed by atoms with van der Waals surface area (Å²) in [4.78, 5) is 24.4. The molecule has 1 N–H and O–H groups in total. The van der Waals surface area contributed by atoms with E-state index in [2.05, 4.69) is 26.8 Å². The first-order valence-corrected chi connectivity index (χ1v) is 9.27. The van der Waals surface area contributed by atoms with Gasteiger partial charge in [0.05, 0.1) is 19.1 Å². The maximum absolute atomic E-state index is 12.6. The smallest absolute Gasteiger partial charge is 0.308 e. The van der Waals surface area contributed by atoms with Crippen molar-refractivity contribution < 1.29 is 19.4 Å². The van der Waals surface area contributed by atoms with Crippen LogP contribution in [-0.2, 0) is 14.3 Å². The van der Waals surface area contributed by atoms with Gasteiger partial charge < -0.3 is 9.84 Å². The lowest BCUT2D eigenvalue weighted by Gasteiger charge is -2.28. The van der Waals surface area contributed by atoms with Crippen LogP contribution in [0.1, 0.15) is 66.7 Å². The number of Topliss-reactive ketones (excluding diaryl/α,β-unsaturated/α-hetero) is 1. The minimum Gasteiger partial charge on any atom is -0.465 e. The number of hydrogen-bond donors (Lipinski definition) is 1. The molecule has 1 aliphatic rings. The Balaban J connectivity index is 2.85. The van der Waals surface area contributed by atoms with Crippen LogP contribution in [0.2, 0.25) is 0 Å². The SMILES string of the molecule is C/C1=C/CCOC(=O)CC(O)C(C)C(=O)C(C)[C@@H](C)C(C)CCC1. The van der Waals surface area contributed by atoms with Crippen molar-refractivity contribution in [2.75, 3.05) is 6.61 Å². The highest BCUT2D eigenvalue weighted by Crippen LogP contribution is 2.29. The predicted molar refractivity (Wildman–Crippen MR) is 95.5 cm³/mol. The van der Waals surface area contributed by atoms with Crippen molar-refractivity contribution >= 4 is 11.8 Å². The van der Waals surface area contributed by atoms with E-state index in [9.17, 15) is 14.7 Å². The Morgan fingerprint density at radius 1 is 1.12 bits per heavy atom. The van der Waals surface area contributed by atoms with Crippen LogP contribution >= 0.6 is 0 Å². The van der Waals surface area contributed by atoms with Gasteiger partial charge in [0.25, 0.3) is 0 Å². The van der Waals surface area contributed by atoms with E-state index in [0.29, 0.717) is 18.9 Å². The van der Waals surface area contributed by atoms with Gasteiger partial charge >= 0.3 is 5.97 Å². The van der Waals surface area contributed by atoms with E-state index < -0.39 is 18.0 Å². The lowest BCUT2D eigenvalue weighted by molar-refractivity contribution is -0.147. The number of hydrogen-bond acceptors (Lipinski definition) is 4. The molecule has 0 fully saturated rings. The Bertz CT molecular complexity index is 455. The third-order valence-electron chi connectivity index (χ3n) is 5.64. The van der Waals surface area contributed by atoms with Crippen molar-refractivity contribution in [3.63, 3.8) is 0 Å². The molecule has 0 bridgehead atoms. The van der Waals surface area contributed by atoms with Gasteiger partial charge in [0.2, 0.25) is 0 Å². The summed E-state index contributed by atoms with van der Waals surface area (Å²) in [5.74, 6) is -0.343. The Hall–Kier alpha value is -1.16. The molecular weight excluding hydrogens is 304 g/mol. The standard InChI is InChI=1S/C20H34O4/c1-13-8-6-10-14(2)15(3)16(4)20(23)17(5)18(21)12-19(22)24-11-7-9-13/h9,14-18,21H,6-8,10-12H2,1-5H3/b13-9-/t14?,15-,16?,17?,18?/m0/s1. The maximum atomic E-state index is 12.6. The summed E-state index contributed by atoms with van der Waals surface area (Å²) in [5, 5.41) is 10.2. The average Bonchev–Trinajstić information content (AvgIpc) is 2.54. The number of ether oxygens (including phenoxy) is 1. The van der Waals surface area contributed by atoms with Crippen LogP contribution in [0.5, 0.6) is 0 Å². The minimum absolute atomic E-state index is 0.0396. The number of aliphatic hydroxyl groups excluding tert-OH is 1. The average molecular weight is 338 g/mol. The highest BCUT2D eigenvalue weighted by Gasteiger charge is 2.32. The van der Waals surface area contributed by atoms with Crippen molar-refractivity contribution in [3.05, 3.63) is 11.6 Å². The number of cyclic esters (lactones) is 1. The molecule has 1 aliphatic heterocycles. The van der Waals surface area contributed by atoms with Gasteiger partial charge in [-0.15, -0.1) is 0 Å². The first kappa shape index (κ1) is 20.9. The summed E-state index contributed by atoms with van der Waals surface area (Å²) >= 11 is 0. The number of aliphatic hydroxyl groups is 1. The van der Waals surface area contributed by atoms with Crippen LogP contribution in [0.3, 0.4) is 0 Å². The lowest BCUT2D eigenvalue weighted by atomic mass is 9.76. The van der Waals surface area contributed by atoms with Crippen LogP contribution in [0.25, 0.3) is 0 Å². The van der Waals surface area contributed by atoms with Crippen molar-refractivity contribution in [1.29, 1.82) is 0 Å². The second-order valence-corrected chi connectivity index (χ2v) is 7.54. The van der Waals surface area contributed by atoms with Crippen LogP contribution in [0, 0.1) is 23.7 Å². The zero-order valence-corrected chi connectivity index (χ0v) is 15.9. The number of carbonyl (C=O) groups excluding carboxylic acids is 2. The molecule has 1 rings (SSSR count). The second kappa shape index (κ2) is 9.97. The fraction of sp³-hybridized carbons (Fsp3) is 0.800. The molecule has 0 aromatic heterocycles. The monoisotopic (exact) mass is 338 g/mol. The molecule has 24 heavy (non-hydrogen) atoms. The molecule has 0 amide bonds. The van der Waals surface area contributed by atoms with Crippen LogP contribution in [0.15, 0.2) is 11.6 Å². The summed E-state index contributed by atoms with van der Waals surface area (Å²) in [6, 6.07) is 0. The van der Waals surface area contributed by atoms with Gasteiger partial charge in [0, 0.05) is 11.8 Å². The highest BCUT2D eigenvalue weighted by atomic mass is 16.5. The zero-order chi connectivity index (χ0) is 18.3. The first-order chi connectivity index (χ1) is 11.2. The van der Waals surface area contributed by atoms with Crippen molar-refractivity contribution in [1.82, 2.24) is 0 Å². The largest absolute Gasteiger partial charge is 0.465 e.